The Morgan fingerprint density at radius 3 is 2.71 bits per heavy atom. The number of aryl methyl sites for hydroxylation is 2. The molecule has 0 spiro atoms. The maximum absolute atomic E-state index is 11.4. The Bertz CT molecular complexity index is 523. The van der Waals surface area contributed by atoms with E-state index in [4.69, 9.17) is 4.74 Å². The van der Waals surface area contributed by atoms with E-state index in [2.05, 4.69) is 10.3 Å². The molecule has 0 saturated heterocycles. The van der Waals surface area contributed by atoms with Gasteiger partial charge in [-0.2, -0.15) is 0 Å². The van der Waals surface area contributed by atoms with Gasteiger partial charge in [-0.3, -0.25) is 15.1 Å². The summed E-state index contributed by atoms with van der Waals surface area (Å²) in [5.41, 5.74) is 0.674. The van der Waals surface area contributed by atoms with Crippen LogP contribution in [0.2, 0.25) is 0 Å². The molecule has 1 rings (SSSR count). The Kier molecular flexibility index (Phi) is 5.63. The highest BCUT2D eigenvalue weighted by Crippen LogP contribution is 2.17. The molecule has 21 heavy (non-hydrogen) atoms. The van der Waals surface area contributed by atoms with Crippen molar-refractivity contribution in [2.75, 3.05) is 6.54 Å². The van der Waals surface area contributed by atoms with Gasteiger partial charge in [0.25, 0.3) is 5.69 Å². The third kappa shape index (κ3) is 6.20. The molecule has 1 aromatic heterocycles. The van der Waals surface area contributed by atoms with Crippen molar-refractivity contribution in [2.24, 2.45) is 0 Å². The fraction of sp³-hybridized carbons (Fsp3) is 0.571. The van der Waals surface area contributed by atoms with E-state index < -0.39 is 16.6 Å². The standard InChI is InChI=1S/C14H21N3O4/c1-10-12(17(19)20)8-11(9-16-10)6-5-7-15-13(18)21-14(2,3)4/h8-9H,5-7H2,1-4H3,(H,15,18). The normalized spacial score (nSPS) is 11.0. The van der Waals surface area contributed by atoms with Crippen LogP contribution in [0, 0.1) is 17.0 Å². The summed E-state index contributed by atoms with van der Waals surface area (Å²) in [6.45, 7) is 7.43. The SMILES string of the molecule is Cc1ncc(CCCNC(=O)OC(C)(C)C)cc1[N+](=O)[O-]. The van der Waals surface area contributed by atoms with Gasteiger partial charge < -0.3 is 10.1 Å². The maximum atomic E-state index is 11.4. The van der Waals surface area contributed by atoms with Gasteiger partial charge in [0.2, 0.25) is 0 Å². The third-order valence-electron chi connectivity index (χ3n) is 2.62. The zero-order chi connectivity index (χ0) is 16.0. The van der Waals surface area contributed by atoms with Crippen LogP contribution in [0.1, 0.15) is 38.4 Å². The monoisotopic (exact) mass is 295 g/mol. The molecular formula is C14H21N3O4. The largest absolute Gasteiger partial charge is 0.444 e. The van der Waals surface area contributed by atoms with Crippen LogP contribution in [0.4, 0.5) is 10.5 Å². The topological polar surface area (TPSA) is 94.4 Å². The second-order valence-corrected chi connectivity index (χ2v) is 5.74. The number of nitro groups is 1. The van der Waals surface area contributed by atoms with Gasteiger partial charge in [-0.25, -0.2) is 4.79 Å². The van der Waals surface area contributed by atoms with Crippen molar-refractivity contribution in [2.45, 2.75) is 46.1 Å². The van der Waals surface area contributed by atoms with Crippen LogP contribution >= 0.6 is 0 Å². The lowest BCUT2D eigenvalue weighted by Gasteiger charge is -2.19. The molecule has 0 aliphatic rings. The number of nitrogens with one attached hydrogen (secondary N) is 1. The molecule has 0 bridgehead atoms. The number of amides is 1. The predicted octanol–water partition coefficient (Wildman–Crippen LogP) is 2.76. The zero-order valence-electron chi connectivity index (χ0n) is 12.8. The number of rotatable bonds is 5. The molecule has 0 radical (unpaired) electrons. The molecule has 1 N–H and O–H groups in total. The predicted molar refractivity (Wildman–Crippen MR) is 78.2 cm³/mol. The van der Waals surface area contributed by atoms with Crippen LogP contribution < -0.4 is 5.32 Å². The Morgan fingerprint density at radius 2 is 2.14 bits per heavy atom. The van der Waals surface area contributed by atoms with E-state index in [1.54, 1.807) is 33.9 Å². The molecular weight excluding hydrogens is 274 g/mol. The first-order valence-corrected chi connectivity index (χ1v) is 6.76. The lowest BCUT2D eigenvalue weighted by Crippen LogP contribution is -2.33. The number of alkyl carbamates (subject to hydrolysis) is 1. The van der Waals surface area contributed by atoms with Crippen LogP contribution in [0.5, 0.6) is 0 Å². The molecule has 0 aliphatic carbocycles. The second-order valence-electron chi connectivity index (χ2n) is 5.74. The average Bonchev–Trinajstić information content (AvgIpc) is 2.34. The number of carbonyl (C=O) groups excluding carboxylic acids is 1. The molecule has 1 heterocycles. The number of aromatic nitrogens is 1. The van der Waals surface area contributed by atoms with Crippen molar-refractivity contribution in [1.82, 2.24) is 10.3 Å². The highest BCUT2D eigenvalue weighted by molar-refractivity contribution is 5.67. The van der Waals surface area contributed by atoms with Crippen molar-refractivity contribution >= 4 is 11.8 Å². The molecule has 7 heteroatoms. The van der Waals surface area contributed by atoms with Crippen LogP contribution in [0.3, 0.4) is 0 Å². The lowest BCUT2D eigenvalue weighted by molar-refractivity contribution is -0.385. The van der Waals surface area contributed by atoms with Crippen LogP contribution in [-0.2, 0) is 11.2 Å². The molecule has 0 saturated carbocycles. The maximum Gasteiger partial charge on any atom is 0.407 e. The molecule has 1 aromatic rings. The van der Waals surface area contributed by atoms with Crippen LogP contribution in [0.15, 0.2) is 12.3 Å². The first kappa shape index (κ1) is 16.9. The zero-order valence-corrected chi connectivity index (χ0v) is 12.8. The summed E-state index contributed by atoms with van der Waals surface area (Å²) in [6, 6.07) is 1.52. The third-order valence-corrected chi connectivity index (χ3v) is 2.62. The molecule has 0 aliphatic heterocycles. The van der Waals surface area contributed by atoms with Crippen molar-refractivity contribution in [3.8, 4) is 0 Å². The second kappa shape index (κ2) is 7.01. The number of pyridine rings is 1. The number of ether oxygens (including phenoxy) is 1. The average molecular weight is 295 g/mol. The lowest BCUT2D eigenvalue weighted by atomic mass is 10.1. The van der Waals surface area contributed by atoms with Gasteiger partial charge in [-0.15, -0.1) is 0 Å². The fourth-order valence-corrected chi connectivity index (χ4v) is 1.68. The molecule has 1 amide bonds. The van der Waals surface area contributed by atoms with Gasteiger partial charge in [0.05, 0.1) is 4.92 Å². The van der Waals surface area contributed by atoms with E-state index in [1.807, 2.05) is 0 Å². The van der Waals surface area contributed by atoms with Gasteiger partial charge in [-0.1, -0.05) is 0 Å². The van der Waals surface area contributed by atoms with Gasteiger partial charge in [-0.05, 0) is 46.1 Å². The summed E-state index contributed by atoms with van der Waals surface area (Å²) in [4.78, 5) is 25.8. The van der Waals surface area contributed by atoms with Crippen molar-refractivity contribution in [3.63, 3.8) is 0 Å². The van der Waals surface area contributed by atoms with Crippen LogP contribution in [0.25, 0.3) is 0 Å². The summed E-state index contributed by atoms with van der Waals surface area (Å²) < 4.78 is 5.10. The van der Waals surface area contributed by atoms with E-state index in [-0.39, 0.29) is 5.69 Å². The Hall–Kier alpha value is -2.18. The highest BCUT2D eigenvalue weighted by Gasteiger charge is 2.15. The van der Waals surface area contributed by atoms with E-state index in [9.17, 15) is 14.9 Å². The van der Waals surface area contributed by atoms with E-state index in [0.717, 1.165) is 5.56 Å². The summed E-state index contributed by atoms with van der Waals surface area (Å²) >= 11 is 0. The van der Waals surface area contributed by atoms with Gasteiger partial charge in [0, 0.05) is 18.8 Å². The minimum absolute atomic E-state index is 0.0209. The Balaban J connectivity index is 2.41. The van der Waals surface area contributed by atoms with Crippen molar-refractivity contribution < 1.29 is 14.5 Å². The first-order valence-electron chi connectivity index (χ1n) is 6.76. The first-order chi connectivity index (χ1) is 9.69. The van der Waals surface area contributed by atoms with E-state index >= 15 is 0 Å². The minimum Gasteiger partial charge on any atom is -0.444 e. The molecule has 0 unspecified atom stereocenters. The number of hydrogen-bond acceptors (Lipinski definition) is 5. The van der Waals surface area contributed by atoms with Gasteiger partial charge >= 0.3 is 6.09 Å². The molecule has 0 atom stereocenters. The Morgan fingerprint density at radius 1 is 1.48 bits per heavy atom. The molecule has 7 nitrogen and oxygen atoms in total. The van der Waals surface area contributed by atoms with E-state index in [1.165, 1.54) is 6.07 Å². The summed E-state index contributed by atoms with van der Waals surface area (Å²) in [5.74, 6) is 0. The summed E-state index contributed by atoms with van der Waals surface area (Å²) in [7, 11) is 0. The number of nitrogens with zero attached hydrogens (tertiary/aromatic N) is 2. The van der Waals surface area contributed by atoms with Crippen molar-refractivity contribution in [3.05, 3.63) is 33.6 Å². The van der Waals surface area contributed by atoms with Crippen molar-refractivity contribution in [1.29, 1.82) is 0 Å². The number of hydrogen-bond donors (Lipinski definition) is 1. The minimum atomic E-state index is -0.522. The van der Waals surface area contributed by atoms with Gasteiger partial charge in [0.1, 0.15) is 11.3 Å². The van der Waals surface area contributed by atoms with Crippen LogP contribution in [-0.4, -0.2) is 28.1 Å². The molecule has 0 fully saturated rings. The fourth-order valence-electron chi connectivity index (χ4n) is 1.68. The number of carbonyl (C=O) groups is 1. The highest BCUT2D eigenvalue weighted by atomic mass is 16.6. The smallest absolute Gasteiger partial charge is 0.407 e. The molecule has 116 valence electrons. The summed E-state index contributed by atoms with van der Waals surface area (Å²) in [5, 5.41) is 13.5. The van der Waals surface area contributed by atoms with Gasteiger partial charge in [0.15, 0.2) is 0 Å². The summed E-state index contributed by atoms with van der Waals surface area (Å²) in [6.07, 6.45) is 2.41. The molecule has 0 aromatic carbocycles. The Labute approximate surface area is 123 Å². The van der Waals surface area contributed by atoms with E-state index in [0.29, 0.717) is 25.1 Å². The quantitative estimate of drug-likeness (QED) is 0.512.